The maximum atomic E-state index is 12.3. The van der Waals surface area contributed by atoms with Gasteiger partial charge < -0.3 is 9.47 Å². The second-order valence-corrected chi connectivity index (χ2v) is 6.03. The molecule has 1 heterocycles. The minimum absolute atomic E-state index is 0.273. The van der Waals surface area contributed by atoms with Crippen LogP contribution in [0.25, 0.3) is 0 Å². The van der Waals surface area contributed by atoms with Crippen molar-refractivity contribution in [2.75, 3.05) is 19.0 Å². The molecule has 0 aliphatic carbocycles. The van der Waals surface area contributed by atoms with Crippen LogP contribution in [0.5, 0.6) is 11.5 Å². The first-order valence-electron chi connectivity index (χ1n) is 7.11. The van der Waals surface area contributed by atoms with Gasteiger partial charge in [-0.3, -0.25) is 10.1 Å². The summed E-state index contributed by atoms with van der Waals surface area (Å²) >= 11 is 1.37. The van der Waals surface area contributed by atoms with E-state index < -0.39 is 0 Å². The summed E-state index contributed by atoms with van der Waals surface area (Å²) in [5, 5.41) is 12.1. The molecule has 7 heteroatoms. The number of hydrogen-bond acceptors (Lipinski definition) is 6. The van der Waals surface area contributed by atoms with Crippen LogP contribution < -0.4 is 14.8 Å². The fourth-order valence-electron chi connectivity index (χ4n) is 1.76. The SMILES string of the molecule is C=CCOc1ccc(C(=O)Nc2nnc(C(C)C)s2)cc1OC. The standard InChI is InChI=1S/C16H19N3O3S/c1-5-8-22-12-7-6-11(9-13(12)21-4)14(20)17-16-19-18-15(23-16)10(2)3/h5-7,9-10H,1,8H2,2-4H3,(H,17,19,20). The van der Waals surface area contributed by atoms with Crippen molar-refractivity contribution in [3.8, 4) is 11.5 Å². The highest BCUT2D eigenvalue weighted by Crippen LogP contribution is 2.29. The van der Waals surface area contributed by atoms with Gasteiger partial charge in [-0.1, -0.05) is 37.8 Å². The lowest BCUT2D eigenvalue weighted by Gasteiger charge is -2.10. The zero-order valence-electron chi connectivity index (χ0n) is 13.3. The monoisotopic (exact) mass is 333 g/mol. The number of benzene rings is 1. The molecule has 0 atom stereocenters. The van der Waals surface area contributed by atoms with E-state index >= 15 is 0 Å². The third-order valence-corrected chi connectivity index (χ3v) is 4.08. The maximum Gasteiger partial charge on any atom is 0.257 e. The quantitative estimate of drug-likeness (QED) is 0.785. The van der Waals surface area contributed by atoms with Crippen LogP contribution >= 0.6 is 11.3 Å². The molecule has 2 rings (SSSR count). The van der Waals surface area contributed by atoms with Crippen molar-refractivity contribution in [3.05, 3.63) is 41.4 Å². The normalized spacial score (nSPS) is 10.4. The summed E-state index contributed by atoms with van der Waals surface area (Å²) in [7, 11) is 1.53. The molecule has 1 amide bonds. The molecule has 0 bridgehead atoms. The van der Waals surface area contributed by atoms with Crippen molar-refractivity contribution in [2.24, 2.45) is 0 Å². The molecule has 0 radical (unpaired) electrons. The summed E-state index contributed by atoms with van der Waals surface area (Å²) in [4.78, 5) is 12.3. The van der Waals surface area contributed by atoms with Crippen LogP contribution in [0.1, 0.15) is 35.1 Å². The highest BCUT2D eigenvalue weighted by atomic mass is 32.1. The van der Waals surface area contributed by atoms with Gasteiger partial charge in [0.15, 0.2) is 11.5 Å². The summed E-state index contributed by atoms with van der Waals surface area (Å²) in [6.07, 6.45) is 1.64. The van der Waals surface area contributed by atoms with Crippen molar-refractivity contribution >= 4 is 22.4 Å². The number of nitrogens with one attached hydrogen (secondary N) is 1. The molecule has 1 N–H and O–H groups in total. The van der Waals surface area contributed by atoms with Crippen molar-refractivity contribution in [1.82, 2.24) is 10.2 Å². The summed E-state index contributed by atoms with van der Waals surface area (Å²) in [5.74, 6) is 1.05. The van der Waals surface area contributed by atoms with Crippen LogP contribution in [0, 0.1) is 0 Å². The van der Waals surface area contributed by atoms with Gasteiger partial charge in [0, 0.05) is 11.5 Å². The lowest BCUT2D eigenvalue weighted by Crippen LogP contribution is -2.12. The van der Waals surface area contributed by atoms with Crippen LogP contribution in [-0.2, 0) is 0 Å². The zero-order chi connectivity index (χ0) is 16.8. The van der Waals surface area contributed by atoms with Gasteiger partial charge in [-0.15, -0.1) is 10.2 Å². The number of amides is 1. The number of rotatable bonds is 7. The second-order valence-electron chi connectivity index (χ2n) is 5.02. The molecule has 0 unspecified atom stereocenters. The average Bonchev–Trinajstić information content (AvgIpc) is 3.01. The van der Waals surface area contributed by atoms with Crippen molar-refractivity contribution in [2.45, 2.75) is 19.8 Å². The topological polar surface area (TPSA) is 73.3 Å². The molecule has 0 aliphatic rings. The van der Waals surface area contributed by atoms with Gasteiger partial charge in [-0.05, 0) is 18.2 Å². The number of carbonyl (C=O) groups is 1. The Labute approximate surface area is 139 Å². The Morgan fingerprint density at radius 2 is 2.17 bits per heavy atom. The van der Waals surface area contributed by atoms with Crippen LogP contribution in [0.2, 0.25) is 0 Å². The molecule has 0 saturated heterocycles. The molecule has 0 fully saturated rings. The van der Waals surface area contributed by atoms with Gasteiger partial charge >= 0.3 is 0 Å². The number of nitrogens with zero attached hydrogens (tertiary/aromatic N) is 2. The molecule has 0 spiro atoms. The number of methoxy groups -OCH3 is 1. The molecular formula is C16H19N3O3S. The maximum absolute atomic E-state index is 12.3. The van der Waals surface area contributed by atoms with E-state index in [4.69, 9.17) is 9.47 Å². The van der Waals surface area contributed by atoms with E-state index in [-0.39, 0.29) is 11.8 Å². The van der Waals surface area contributed by atoms with E-state index in [1.165, 1.54) is 18.4 Å². The van der Waals surface area contributed by atoms with Crippen molar-refractivity contribution < 1.29 is 14.3 Å². The lowest BCUT2D eigenvalue weighted by molar-refractivity contribution is 0.102. The molecule has 6 nitrogen and oxygen atoms in total. The minimum atomic E-state index is -0.273. The first kappa shape index (κ1) is 17.0. The van der Waals surface area contributed by atoms with Crippen LogP contribution in [0.15, 0.2) is 30.9 Å². The summed E-state index contributed by atoms with van der Waals surface area (Å²) in [6, 6.07) is 4.98. The van der Waals surface area contributed by atoms with Crippen LogP contribution in [0.4, 0.5) is 5.13 Å². The minimum Gasteiger partial charge on any atom is -0.493 e. The zero-order valence-corrected chi connectivity index (χ0v) is 14.1. The Hall–Kier alpha value is -2.41. The highest BCUT2D eigenvalue weighted by Gasteiger charge is 2.14. The fourth-order valence-corrected chi connectivity index (χ4v) is 2.51. The Morgan fingerprint density at radius 1 is 1.39 bits per heavy atom. The van der Waals surface area contributed by atoms with E-state index in [0.717, 1.165) is 5.01 Å². The summed E-state index contributed by atoms with van der Waals surface area (Å²) in [6.45, 7) is 8.02. The smallest absolute Gasteiger partial charge is 0.257 e. The first-order chi connectivity index (χ1) is 11.0. The van der Waals surface area contributed by atoms with E-state index in [9.17, 15) is 4.79 Å². The third kappa shape index (κ3) is 4.29. The predicted molar refractivity (Wildman–Crippen MR) is 90.6 cm³/mol. The molecule has 0 saturated carbocycles. The van der Waals surface area contributed by atoms with E-state index in [0.29, 0.717) is 28.8 Å². The van der Waals surface area contributed by atoms with E-state index in [1.54, 1.807) is 24.3 Å². The number of anilines is 1. The third-order valence-electron chi connectivity index (χ3n) is 2.94. The average molecular weight is 333 g/mol. The molecule has 1 aromatic heterocycles. The molecular weight excluding hydrogens is 314 g/mol. The molecule has 0 aliphatic heterocycles. The van der Waals surface area contributed by atoms with Crippen molar-refractivity contribution in [1.29, 1.82) is 0 Å². The molecule has 1 aromatic carbocycles. The van der Waals surface area contributed by atoms with Gasteiger partial charge in [0.1, 0.15) is 11.6 Å². The van der Waals surface area contributed by atoms with E-state index in [2.05, 4.69) is 22.1 Å². The Balaban J connectivity index is 2.13. The lowest BCUT2D eigenvalue weighted by atomic mass is 10.2. The van der Waals surface area contributed by atoms with Gasteiger partial charge in [0.25, 0.3) is 5.91 Å². The molecule has 2 aromatic rings. The number of carbonyl (C=O) groups excluding carboxylic acids is 1. The predicted octanol–water partition coefficient (Wildman–Crippen LogP) is 3.49. The van der Waals surface area contributed by atoms with Gasteiger partial charge in [0.2, 0.25) is 5.13 Å². The Kier molecular flexibility index (Phi) is 5.70. The van der Waals surface area contributed by atoms with Gasteiger partial charge in [-0.2, -0.15) is 0 Å². The summed E-state index contributed by atoms with van der Waals surface area (Å²) < 4.78 is 10.7. The van der Waals surface area contributed by atoms with Crippen LogP contribution in [0.3, 0.4) is 0 Å². The number of ether oxygens (including phenoxy) is 2. The molecule has 23 heavy (non-hydrogen) atoms. The Bertz CT molecular complexity index is 698. The summed E-state index contributed by atoms with van der Waals surface area (Å²) in [5.41, 5.74) is 0.453. The van der Waals surface area contributed by atoms with E-state index in [1.807, 2.05) is 13.8 Å². The fraction of sp³-hybridized carbons (Fsp3) is 0.312. The second kappa shape index (κ2) is 7.73. The Morgan fingerprint density at radius 3 is 2.78 bits per heavy atom. The van der Waals surface area contributed by atoms with Crippen molar-refractivity contribution in [3.63, 3.8) is 0 Å². The first-order valence-corrected chi connectivity index (χ1v) is 7.93. The number of aromatic nitrogens is 2. The highest BCUT2D eigenvalue weighted by molar-refractivity contribution is 7.15. The van der Waals surface area contributed by atoms with Crippen LogP contribution in [-0.4, -0.2) is 29.8 Å². The molecule has 122 valence electrons. The van der Waals surface area contributed by atoms with Gasteiger partial charge in [-0.25, -0.2) is 0 Å². The number of hydrogen-bond donors (Lipinski definition) is 1. The largest absolute Gasteiger partial charge is 0.493 e. The van der Waals surface area contributed by atoms with Gasteiger partial charge in [0.05, 0.1) is 7.11 Å².